The highest BCUT2D eigenvalue weighted by Crippen LogP contribution is 2.13. The Morgan fingerprint density at radius 2 is 1.48 bits per heavy atom. The minimum atomic E-state index is -5.08. The molecular weight excluding hydrogens is 445 g/mol. The quantitative estimate of drug-likeness (QED) is 0.506. The van der Waals surface area contributed by atoms with E-state index in [2.05, 4.69) is 5.32 Å². The number of carbonyl (C=O) groups excluding carboxylic acids is 2. The molecule has 0 saturated heterocycles. The lowest BCUT2D eigenvalue weighted by molar-refractivity contribution is -0.192. The summed E-state index contributed by atoms with van der Waals surface area (Å²) in [5.41, 5.74) is 8.06. The summed E-state index contributed by atoms with van der Waals surface area (Å²) in [5, 5.41) is 9.66. The average Bonchev–Trinajstić information content (AvgIpc) is 2.78. The number of esters is 1. The molecule has 0 heterocycles. The smallest absolute Gasteiger partial charge is 0.475 e. The maximum atomic E-state index is 12.0. The molecule has 0 radical (unpaired) electrons. The van der Waals surface area contributed by atoms with Gasteiger partial charge < -0.3 is 25.6 Å². The van der Waals surface area contributed by atoms with Crippen molar-refractivity contribution in [3.63, 3.8) is 0 Å². The van der Waals surface area contributed by atoms with Gasteiger partial charge in [0.25, 0.3) is 0 Å². The van der Waals surface area contributed by atoms with Crippen molar-refractivity contribution in [3.8, 4) is 0 Å². The summed E-state index contributed by atoms with van der Waals surface area (Å²) in [7, 11) is 1.27. The monoisotopic (exact) mass is 470 g/mol. The van der Waals surface area contributed by atoms with E-state index in [0.29, 0.717) is 6.42 Å². The summed E-state index contributed by atoms with van der Waals surface area (Å²) in [6.45, 7) is 0.122. The Hall–Kier alpha value is -3.60. The summed E-state index contributed by atoms with van der Waals surface area (Å²) in [6.07, 6.45) is -4.92. The van der Waals surface area contributed by atoms with E-state index in [1.54, 1.807) is 0 Å². The molecule has 2 aromatic rings. The SMILES string of the molecule is COC(=O)C(CC(N)Cc1ccccc1)NC(=O)OCc1ccccc1.O=C(O)C(F)(F)F. The number of aliphatic carboxylic acids is 1. The third-order valence-electron chi connectivity index (χ3n) is 4.11. The van der Waals surface area contributed by atoms with Crippen LogP contribution in [0.4, 0.5) is 18.0 Å². The molecule has 0 spiro atoms. The van der Waals surface area contributed by atoms with Crippen molar-refractivity contribution in [2.24, 2.45) is 5.73 Å². The van der Waals surface area contributed by atoms with Gasteiger partial charge in [-0.1, -0.05) is 60.7 Å². The topological polar surface area (TPSA) is 128 Å². The molecule has 2 atom stereocenters. The summed E-state index contributed by atoms with van der Waals surface area (Å²) in [4.78, 5) is 32.9. The Morgan fingerprint density at radius 1 is 1.00 bits per heavy atom. The normalized spacial score (nSPS) is 12.4. The molecule has 4 N–H and O–H groups in total. The summed E-state index contributed by atoms with van der Waals surface area (Å²) in [5.74, 6) is -3.31. The molecule has 0 fully saturated rings. The van der Waals surface area contributed by atoms with Crippen LogP contribution in [0.2, 0.25) is 0 Å². The molecule has 0 aliphatic heterocycles. The van der Waals surface area contributed by atoms with Gasteiger partial charge in [0.2, 0.25) is 0 Å². The zero-order chi connectivity index (χ0) is 24.9. The molecule has 0 aliphatic rings. The molecule has 33 heavy (non-hydrogen) atoms. The summed E-state index contributed by atoms with van der Waals surface area (Å²) < 4.78 is 41.7. The standard InChI is InChI=1S/C20H24N2O4.C2HF3O2/c1-25-19(23)18(13-17(21)12-15-8-4-2-5-9-15)22-20(24)26-14-16-10-6-3-7-11-16;3-2(4,5)1(6)7/h2-11,17-18H,12-14,21H2,1H3,(H,22,24);(H,6,7). The van der Waals surface area contributed by atoms with Crippen molar-refractivity contribution in [1.82, 2.24) is 5.32 Å². The number of carboxylic acid groups (broad SMARTS) is 1. The number of nitrogens with two attached hydrogens (primary N) is 1. The van der Waals surface area contributed by atoms with Gasteiger partial charge in [-0.25, -0.2) is 14.4 Å². The molecule has 0 aliphatic carbocycles. The number of hydrogen-bond acceptors (Lipinski definition) is 6. The number of amides is 1. The number of benzene rings is 2. The average molecular weight is 470 g/mol. The van der Waals surface area contributed by atoms with Crippen LogP contribution < -0.4 is 11.1 Å². The lowest BCUT2D eigenvalue weighted by atomic mass is 10.0. The number of halogens is 3. The fourth-order valence-electron chi connectivity index (χ4n) is 2.57. The van der Waals surface area contributed by atoms with Crippen LogP contribution in [-0.4, -0.2) is 48.5 Å². The van der Waals surface area contributed by atoms with E-state index < -0.39 is 30.2 Å². The van der Waals surface area contributed by atoms with Crippen LogP contribution in [0.15, 0.2) is 60.7 Å². The Morgan fingerprint density at radius 3 is 1.94 bits per heavy atom. The lowest BCUT2D eigenvalue weighted by Crippen LogP contribution is -2.45. The molecule has 2 unspecified atom stereocenters. The van der Waals surface area contributed by atoms with Gasteiger partial charge in [0.1, 0.15) is 12.6 Å². The third-order valence-corrected chi connectivity index (χ3v) is 4.11. The number of methoxy groups -OCH3 is 1. The second-order valence-corrected chi connectivity index (χ2v) is 6.77. The highest BCUT2D eigenvalue weighted by Gasteiger charge is 2.38. The van der Waals surface area contributed by atoms with Gasteiger partial charge in [-0.2, -0.15) is 13.2 Å². The van der Waals surface area contributed by atoms with Gasteiger partial charge in [0, 0.05) is 6.04 Å². The van der Waals surface area contributed by atoms with Gasteiger partial charge in [-0.3, -0.25) is 0 Å². The third kappa shape index (κ3) is 11.5. The number of rotatable bonds is 8. The Bertz CT molecular complexity index is 879. The number of ether oxygens (including phenoxy) is 2. The number of carbonyl (C=O) groups is 3. The minimum absolute atomic E-state index is 0.122. The van der Waals surface area contributed by atoms with Crippen molar-refractivity contribution >= 4 is 18.0 Å². The first-order chi connectivity index (χ1) is 15.5. The predicted octanol–water partition coefficient (Wildman–Crippen LogP) is 3.05. The van der Waals surface area contributed by atoms with Crippen molar-refractivity contribution in [2.75, 3.05) is 7.11 Å². The van der Waals surface area contributed by atoms with Crippen LogP contribution in [0.1, 0.15) is 17.5 Å². The highest BCUT2D eigenvalue weighted by molar-refractivity contribution is 5.81. The summed E-state index contributed by atoms with van der Waals surface area (Å²) >= 11 is 0. The first-order valence-electron chi connectivity index (χ1n) is 9.67. The zero-order valence-corrected chi connectivity index (χ0v) is 17.7. The number of alkyl carbamates (subject to hydrolysis) is 1. The Labute approximate surface area is 188 Å². The van der Waals surface area contributed by atoms with Crippen LogP contribution in [0.3, 0.4) is 0 Å². The van der Waals surface area contributed by atoms with E-state index in [4.69, 9.17) is 25.1 Å². The number of nitrogens with one attached hydrogen (secondary N) is 1. The number of carboxylic acids is 1. The van der Waals surface area contributed by atoms with E-state index in [1.807, 2.05) is 60.7 Å². The highest BCUT2D eigenvalue weighted by atomic mass is 19.4. The van der Waals surface area contributed by atoms with Crippen LogP contribution in [0.5, 0.6) is 0 Å². The van der Waals surface area contributed by atoms with Gasteiger partial charge in [0.05, 0.1) is 7.11 Å². The van der Waals surface area contributed by atoms with E-state index >= 15 is 0 Å². The molecule has 0 saturated carbocycles. The second kappa shape index (κ2) is 13.7. The van der Waals surface area contributed by atoms with Crippen molar-refractivity contribution in [3.05, 3.63) is 71.8 Å². The van der Waals surface area contributed by atoms with E-state index in [0.717, 1.165) is 11.1 Å². The number of alkyl halides is 3. The predicted molar refractivity (Wildman–Crippen MR) is 112 cm³/mol. The molecular formula is C22H25F3N2O6. The Kier molecular flexibility index (Phi) is 11.4. The molecule has 1 amide bonds. The van der Waals surface area contributed by atoms with Crippen molar-refractivity contribution < 1.29 is 42.1 Å². The van der Waals surface area contributed by atoms with Crippen LogP contribution >= 0.6 is 0 Å². The maximum absolute atomic E-state index is 12.0. The molecule has 8 nitrogen and oxygen atoms in total. The fraction of sp³-hybridized carbons (Fsp3) is 0.318. The zero-order valence-electron chi connectivity index (χ0n) is 17.7. The van der Waals surface area contributed by atoms with Crippen molar-refractivity contribution in [1.29, 1.82) is 0 Å². The van der Waals surface area contributed by atoms with Gasteiger partial charge >= 0.3 is 24.2 Å². The largest absolute Gasteiger partial charge is 0.490 e. The Balaban J connectivity index is 0.000000675. The van der Waals surface area contributed by atoms with Crippen molar-refractivity contribution in [2.45, 2.75) is 37.7 Å². The van der Waals surface area contributed by atoms with E-state index in [1.165, 1.54) is 7.11 Å². The minimum Gasteiger partial charge on any atom is -0.475 e. The molecule has 0 aromatic heterocycles. The molecule has 11 heteroatoms. The summed E-state index contributed by atoms with van der Waals surface area (Å²) in [6, 6.07) is 17.8. The first-order valence-corrected chi connectivity index (χ1v) is 9.67. The molecule has 2 rings (SSSR count). The van der Waals surface area contributed by atoms with Crippen LogP contribution in [-0.2, 0) is 32.1 Å². The molecule has 0 bridgehead atoms. The molecule has 2 aromatic carbocycles. The van der Waals surface area contributed by atoms with E-state index in [-0.39, 0.29) is 19.1 Å². The van der Waals surface area contributed by atoms with E-state index in [9.17, 15) is 22.8 Å². The first kappa shape index (κ1) is 27.4. The maximum Gasteiger partial charge on any atom is 0.490 e. The van der Waals surface area contributed by atoms with Crippen LogP contribution in [0.25, 0.3) is 0 Å². The molecule has 180 valence electrons. The van der Waals surface area contributed by atoms with Gasteiger partial charge in [0.15, 0.2) is 0 Å². The fourth-order valence-corrected chi connectivity index (χ4v) is 2.57. The number of hydrogen-bond donors (Lipinski definition) is 3. The van der Waals surface area contributed by atoms with Crippen LogP contribution in [0, 0.1) is 0 Å². The second-order valence-electron chi connectivity index (χ2n) is 6.77. The van der Waals surface area contributed by atoms with Gasteiger partial charge in [-0.15, -0.1) is 0 Å². The van der Waals surface area contributed by atoms with Gasteiger partial charge in [-0.05, 0) is 24.0 Å². The lowest BCUT2D eigenvalue weighted by Gasteiger charge is -2.20.